The minimum Gasteiger partial charge on any atom is -0.380 e. The smallest absolute Gasteiger partial charge is 0.255 e. The van der Waals surface area contributed by atoms with Gasteiger partial charge in [-0.1, -0.05) is 34.1 Å². The third-order valence-corrected chi connectivity index (χ3v) is 3.08. The molecule has 4 heteroatoms. The maximum absolute atomic E-state index is 12.1. The van der Waals surface area contributed by atoms with E-state index in [1.54, 1.807) is 13.2 Å². The summed E-state index contributed by atoms with van der Waals surface area (Å²) in [5.74, 6) is -0.129. The van der Waals surface area contributed by atoms with Crippen LogP contribution in [0.3, 0.4) is 0 Å². The highest BCUT2D eigenvalue weighted by Crippen LogP contribution is 2.17. The van der Waals surface area contributed by atoms with Crippen molar-refractivity contribution >= 4 is 27.5 Å². The molecule has 0 radical (unpaired) electrons. The molecule has 0 unspecified atom stereocenters. The van der Waals surface area contributed by atoms with Gasteiger partial charge in [0.15, 0.2) is 0 Å². The first-order valence-electron chi connectivity index (χ1n) is 5.84. The number of carbonyl (C=O) groups is 1. The van der Waals surface area contributed by atoms with E-state index < -0.39 is 0 Å². The molecule has 0 aliphatic heterocycles. The second-order valence-corrected chi connectivity index (χ2v) is 5.01. The molecule has 0 aliphatic rings. The number of anilines is 1. The summed E-state index contributed by atoms with van der Waals surface area (Å²) < 4.78 is 5.99. The fourth-order valence-corrected chi connectivity index (χ4v) is 2.14. The molecule has 1 amide bonds. The Hall–Kier alpha value is -1.65. The number of halogens is 1. The summed E-state index contributed by atoms with van der Waals surface area (Å²) in [7, 11) is 1.63. The monoisotopic (exact) mass is 319 g/mol. The first-order chi connectivity index (χ1) is 9.19. The van der Waals surface area contributed by atoms with Crippen LogP contribution in [-0.2, 0) is 11.3 Å². The van der Waals surface area contributed by atoms with Crippen LogP contribution in [0.5, 0.6) is 0 Å². The summed E-state index contributed by atoms with van der Waals surface area (Å²) >= 11 is 3.37. The van der Waals surface area contributed by atoms with E-state index in [0.29, 0.717) is 12.2 Å². The van der Waals surface area contributed by atoms with Gasteiger partial charge in [0.2, 0.25) is 0 Å². The summed E-state index contributed by atoms with van der Waals surface area (Å²) in [6.45, 7) is 0.498. The van der Waals surface area contributed by atoms with Crippen LogP contribution in [0.25, 0.3) is 0 Å². The van der Waals surface area contributed by atoms with Gasteiger partial charge >= 0.3 is 0 Å². The molecule has 2 aromatic rings. The minimum atomic E-state index is -0.129. The van der Waals surface area contributed by atoms with Gasteiger partial charge in [0, 0.05) is 22.8 Å². The van der Waals surface area contributed by atoms with Gasteiger partial charge in [-0.25, -0.2) is 0 Å². The van der Waals surface area contributed by atoms with E-state index in [4.69, 9.17) is 4.74 Å². The standard InChI is InChI=1S/C15H14BrNO2/c1-19-10-11-4-2-5-12(8-11)15(18)17-14-7-3-6-13(16)9-14/h2-9H,10H2,1H3,(H,17,18). The average Bonchev–Trinajstić information content (AvgIpc) is 2.39. The Bertz CT molecular complexity index is 584. The Labute approximate surface area is 120 Å². The number of amides is 1. The Morgan fingerprint density at radius 3 is 2.74 bits per heavy atom. The van der Waals surface area contributed by atoms with E-state index in [0.717, 1.165) is 15.7 Å². The summed E-state index contributed by atoms with van der Waals surface area (Å²) in [5.41, 5.74) is 2.36. The normalized spacial score (nSPS) is 10.2. The number of ether oxygens (including phenoxy) is 1. The van der Waals surface area contributed by atoms with Crippen molar-refractivity contribution in [1.82, 2.24) is 0 Å². The molecule has 19 heavy (non-hydrogen) atoms. The van der Waals surface area contributed by atoms with Crippen molar-refractivity contribution in [1.29, 1.82) is 0 Å². The molecule has 0 saturated carbocycles. The van der Waals surface area contributed by atoms with Gasteiger partial charge in [0.25, 0.3) is 5.91 Å². The number of hydrogen-bond donors (Lipinski definition) is 1. The van der Waals surface area contributed by atoms with Gasteiger partial charge in [-0.3, -0.25) is 4.79 Å². The van der Waals surface area contributed by atoms with Crippen LogP contribution in [0.4, 0.5) is 5.69 Å². The van der Waals surface area contributed by atoms with Crippen molar-refractivity contribution in [3.63, 3.8) is 0 Å². The van der Waals surface area contributed by atoms with Gasteiger partial charge in [-0.15, -0.1) is 0 Å². The predicted octanol–water partition coefficient (Wildman–Crippen LogP) is 3.85. The SMILES string of the molecule is COCc1cccc(C(=O)Nc2cccc(Br)c2)c1. The molecule has 0 atom stereocenters. The zero-order chi connectivity index (χ0) is 13.7. The molecule has 2 aromatic carbocycles. The first kappa shape index (κ1) is 13.8. The van der Waals surface area contributed by atoms with E-state index in [9.17, 15) is 4.79 Å². The van der Waals surface area contributed by atoms with Crippen LogP contribution in [0.1, 0.15) is 15.9 Å². The number of nitrogens with one attached hydrogen (secondary N) is 1. The fourth-order valence-electron chi connectivity index (χ4n) is 1.74. The Morgan fingerprint density at radius 2 is 2.00 bits per heavy atom. The third kappa shape index (κ3) is 3.91. The van der Waals surface area contributed by atoms with Crippen LogP contribution in [0.15, 0.2) is 53.0 Å². The highest BCUT2D eigenvalue weighted by Gasteiger charge is 2.06. The number of benzene rings is 2. The lowest BCUT2D eigenvalue weighted by molar-refractivity contribution is 0.102. The van der Waals surface area contributed by atoms with E-state index >= 15 is 0 Å². The Balaban J connectivity index is 2.13. The lowest BCUT2D eigenvalue weighted by atomic mass is 10.1. The second kappa shape index (κ2) is 6.50. The van der Waals surface area contributed by atoms with Crippen molar-refractivity contribution in [2.75, 3.05) is 12.4 Å². The summed E-state index contributed by atoms with van der Waals surface area (Å²) in [6, 6.07) is 14.9. The first-order valence-corrected chi connectivity index (χ1v) is 6.63. The molecular weight excluding hydrogens is 306 g/mol. The molecule has 1 N–H and O–H groups in total. The van der Waals surface area contributed by atoms with E-state index in [2.05, 4.69) is 21.2 Å². The lowest BCUT2D eigenvalue weighted by Gasteiger charge is -2.07. The second-order valence-electron chi connectivity index (χ2n) is 4.10. The van der Waals surface area contributed by atoms with Crippen LogP contribution in [-0.4, -0.2) is 13.0 Å². The third-order valence-electron chi connectivity index (χ3n) is 2.58. The Morgan fingerprint density at radius 1 is 1.21 bits per heavy atom. The van der Waals surface area contributed by atoms with Crippen LogP contribution < -0.4 is 5.32 Å². The average molecular weight is 320 g/mol. The van der Waals surface area contributed by atoms with E-state index in [1.165, 1.54) is 0 Å². The van der Waals surface area contributed by atoms with Crippen LogP contribution >= 0.6 is 15.9 Å². The number of rotatable bonds is 4. The lowest BCUT2D eigenvalue weighted by Crippen LogP contribution is -2.12. The molecule has 0 spiro atoms. The van der Waals surface area contributed by atoms with E-state index in [-0.39, 0.29) is 5.91 Å². The zero-order valence-corrected chi connectivity index (χ0v) is 12.1. The molecule has 98 valence electrons. The highest BCUT2D eigenvalue weighted by atomic mass is 79.9. The largest absolute Gasteiger partial charge is 0.380 e. The van der Waals surface area contributed by atoms with Crippen LogP contribution in [0, 0.1) is 0 Å². The zero-order valence-electron chi connectivity index (χ0n) is 10.5. The van der Waals surface area contributed by atoms with Crippen molar-refractivity contribution in [3.8, 4) is 0 Å². The summed E-state index contributed by atoms with van der Waals surface area (Å²) in [6.07, 6.45) is 0. The molecule has 0 bridgehead atoms. The number of hydrogen-bond acceptors (Lipinski definition) is 2. The molecule has 2 rings (SSSR count). The van der Waals surface area contributed by atoms with Gasteiger partial charge in [-0.2, -0.15) is 0 Å². The minimum absolute atomic E-state index is 0.129. The summed E-state index contributed by atoms with van der Waals surface area (Å²) in [4.78, 5) is 12.1. The van der Waals surface area contributed by atoms with Gasteiger partial charge in [0.1, 0.15) is 0 Å². The predicted molar refractivity (Wildman–Crippen MR) is 79.3 cm³/mol. The molecule has 0 heterocycles. The van der Waals surface area contributed by atoms with Gasteiger partial charge in [-0.05, 0) is 35.9 Å². The molecule has 0 saturated heterocycles. The summed E-state index contributed by atoms with van der Waals surface area (Å²) in [5, 5.41) is 2.86. The number of methoxy groups -OCH3 is 1. The molecule has 0 aromatic heterocycles. The molecule has 0 fully saturated rings. The van der Waals surface area contributed by atoms with Gasteiger partial charge < -0.3 is 10.1 Å². The molecule has 0 aliphatic carbocycles. The maximum Gasteiger partial charge on any atom is 0.255 e. The van der Waals surface area contributed by atoms with E-state index in [1.807, 2.05) is 42.5 Å². The Kier molecular flexibility index (Phi) is 4.71. The molecular formula is C15H14BrNO2. The van der Waals surface area contributed by atoms with Crippen molar-refractivity contribution in [2.24, 2.45) is 0 Å². The highest BCUT2D eigenvalue weighted by molar-refractivity contribution is 9.10. The topological polar surface area (TPSA) is 38.3 Å². The molecule has 3 nitrogen and oxygen atoms in total. The fraction of sp³-hybridized carbons (Fsp3) is 0.133. The quantitative estimate of drug-likeness (QED) is 0.929. The maximum atomic E-state index is 12.1. The van der Waals surface area contributed by atoms with Crippen LogP contribution in [0.2, 0.25) is 0 Å². The van der Waals surface area contributed by atoms with Gasteiger partial charge in [0.05, 0.1) is 6.61 Å². The van der Waals surface area contributed by atoms with Crippen molar-refractivity contribution < 1.29 is 9.53 Å². The number of carbonyl (C=O) groups excluding carboxylic acids is 1. The van der Waals surface area contributed by atoms with Crippen molar-refractivity contribution in [2.45, 2.75) is 6.61 Å². The van der Waals surface area contributed by atoms with Crippen molar-refractivity contribution in [3.05, 3.63) is 64.1 Å².